The first-order valence-corrected chi connectivity index (χ1v) is 7.28. The second-order valence-corrected chi connectivity index (χ2v) is 6.24. The van der Waals surface area contributed by atoms with Gasteiger partial charge in [-0.1, -0.05) is 20.8 Å². The summed E-state index contributed by atoms with van der Waals surface area (Å²) in [5.74, 6) is -0.495. The normalized spacial score (nSPS) is 12.8. The van der Waals surface area contributed by atoms with Crippen molar-refractivity contribution in [3.63, 3.8) is 0 Å². The van der Waals surface area contributed by atoms with Crippen molar-refractivity contribution in [1.29, 1.82) is 0 Å². The summed E-state index contributed by atoms with van der Waals surface area (Å²) in [6.07, 6.45) is 6.43. The molecule has 0 radical (unpaired) electrons. The molecule has 21 heavy (non-hydrogen) atoms. The zero-order valence-electron chi connectivity index (χ0n) is 13.3. The maximum atomic E-state index is 12.3. The first kappa shape index (κ1) is 17.2. The smallest absolute Gasteiger partial charge is 0.224 e. The summed E-state index contributed by atoms with van der Waals surface area (Å²) in [6.45, 7) is 7.34. The summed E-state index contributed by atoms with van der Waals surface area (Å²) in [5, 5.41) is 5.51. The molecule has 6 nitrogen and oxygen atoms in total. The Balaban J connectivity index is 2.43. The Bertz CT molecular complexity index is 449. The first-order chi connectivity index (χ1) is 9.84. The standard InChI is InChI=1S/C15H26N4O2/c1-15(2,3)12(10-13(20)16-4)14(21)18-6-5-8-19-9-7-17-11-19/h7,9,11-12H,5-6,8,10H2,1-4H3,(H,16,20)(H,18,21). The average Bonchev–Trinajstić information content (AvgIpc) is 2.92. The van der Waals surface area contributed by atoms with Gasteiger partial charge in [-0.05, 0) is 11.8 Å². The van der Waals surface area contributed by atoms with E-state index in [-0.39, 0.29) is 29.6 Å². The molecule has 1 rings (SSSR count). The van der Waals surface area contributed by atoms with Gasteiger partial charge in [0, 0.05) is 39.0 Å². The largest absolute Gasteiger partial charge is 0.359 e. The SMILES string of the molecule is CNC(=O)CC(C(=O)NCCCn1ccnc1)C(C)(C)C. The maximum absolute atomic E-state index is 12.3. The van der Waals surface area contributed by atoms with Gasteiger partial charge in [0.2, 0.25) is 11.8 Å². The number of hydrogen-bond acceptors (Lipinski definition) is 3. The number of hydrogen-bond donors (Lipinski definition) is 2. The molecule has 0 spiro atoms. The molecule has 6 heteroatoms. The van der Waals surface area contributed by atoms with Crippen molar-refractivity contribution in [3.8, 4) is 0 Å². The third-order valence-corrected chi connectivity index (χ3v) is 3.48. The fourth-order valence-corrected chi connectivity index (χ4v) is 2.10. The maximum Gasteiger partial charge on any atom is 0.224 e. The van der Waals surface area contributed by atoms with E-state index in [2.05, 4.69) is 15.6 Å². The quantitative estimate of drug-likeness (QED) is 0.742. The van der Waals surface area contributed by atoms with E-state index in [9.17, 15) is 9.59 Å². The summed E-state index contributed by atoms with van der Waals surface area (Å²) >= 11 is 0. The highest BCUT2D eigenvalue weighted by atomic mass is 16.2. The van der Waals surface area contributed by atoms with Crippen molar-refractivity contribution in [3.05, 3.63) is 18.7 Å². The number of aromatic nitrogens is 2. The molecule has 0 saturated heterocycles. The summed E-state index contributed by atoms with van der Waals surface area (Å²) < 4.78 is 1.97. The molecule has 1 heterocycles. The van der Waals surface area contributed by atoms with Crippen molar-refractivity contribution in [1.82, 2.24) is 20.2 Å². The fraction of sp³-hybridized carbons (Fsp3) is 0.667. The number of rotatable bonds is 7. The van der Waals surface area contributed by atoms with Crippen molar-refractivity contribution < 1.29 is 9.59 Å². The van der Waals surface area contributed by atoms with E-state index in [0.717, 1.165) is 13.0 Å². The monoisotopic (exact) mass is 294 g/mol. The minimum absolute atomic E-state index is 0.0586. The van der Waals surface area contributed by atoms with E-state index >= 15 is 0 Å². The van der Waals surface area contributed by atoms with E-state index in [0.29, 0.717) is 6.54 Å². The summed E-state index contributed by atoms with van der Waals surface area (Å²) in [5.41, 5.74) is -0.249. The van der Waals surface area contributed by atoms with Gasteiger partial charge in [-0.2, -0.15) is 0 Å². The van der Waals surface area contributed by atoms with E-state index in [1.165, 1.54) is 0 Å². The van der Waals surface area contributed by atoms with Crippen LogP contribution in [0.4, 0.5) is 0 Å². The molecule has 0 aliphatic rings. The minimum Gasteiger partial charge on any atom is -0.359 e. The highest BCUT2D eigenvalue weighted by Crippen LogP contribution is 2.28. The molecule has 0 bridgehead atoms. The summed E-state index contributed by atoms with van der Waals surface area (Å²) in [4.78, 5) is 27.8. The lowest BCUT2D eigenvalue weighted by molar-refractivity contribution is -0.133. The van der Waals surface area contributed by atoms with E-state index in [1.54, 1.807) is 19.6 Å². The zero-order chi connectivity index (χ0) is 15.9. The topological polar surface area (TPSA) is 76.0 Å². The van der Waals surface area contributed by atoms with Gasteiger partial charge in [0.15, 0.2) is 0 Å². The summed E-state index contributed by atoms with van der Waals surface area (Å²) in [6, 6.07) is 0. The third-order valence-electron chi connectivity index (χ3n) is 3.48. The van der Waals surface area contributed by atoms with Crippen LogP contribution in [0.15, 0.2) is 18.7 Å². The second kappa shape index (κ2) is 7.81. The molecular formula is C15H26N4O2. The molecule has 0 saturated carbocycles. The summed E-state index contributed by atoms with van der Waals surface area (Å²) in [7, 11) is 1.59. The minimum atomic E-state index is -0.328. The highest BCUT2D eigenvalue weighted by molar-refractivity contribution is 5.86. The number of carbonyl (C=O) groups excluding carboxylic acids is 2. The highest BCUT2D eigenvalue weighted by Gasteiger charge is 2.32. The molecule has 118 valence electrons. The van der Waals surface area contributed by atoms with E-state index in [4.69, 9.17) is 0 Å². The van der Waals surface area contributed by atoms with Crippen LogP contribution in [0, 0.1) is 11.3 Å². The van der Waals surface area contributed by atoms with Gasteiger partial charge in [0.05, 0.1) is 12.2 Å². The molecule has 1 aromatic rings. The van der Waals surface area contributed by atoms with Crippen LogP contribution in [0.2, 0.25) is 0 Å². The second-order valence-electron chi connectivity index (χ2n) is 6.24. The van der Waals surface area contributed by atoms with Crippen LogP contribution >= 0.6 is 0 Å². The lowest BCUT2D eigenvalue weighted by Gasteiger charge is -2.29. The average molecular weight is 294 g/mol. The molecule has 0 aromatic carbocycles. The molecule has 2 amide bonds. The number of nitrogens with zero attached hydrogens (tertiary/aromatic N) is 2. The van der Waals surface area contributed by atoms with Gasteiger partial charge in [0.1, 0.15) is 0 Å². The van der Waals surface area contributed by atoms with Gasteiger partial charge in [-0.15, -0.1) is 0 Å². The molecule has 1 aromatic heterocycles. The van der Waals surface area contributed by atoms with Gasteiger partial charge in [-0.25, -0.2) is 4.98 Å². The van der Waals surface area contributed by atoms with Crippen LogP contribution in [0.5, 0.6) is 0 Å². The number of carbonyl (C=O) groups is 2. The van der Waals surface area contributed by atoms with Crippen LogP contribution in [0.25, 0.3) is 0 Å². The van der Waals surface area contributed by atoms with Gasteiger partial charge < -0.3 is 15.2 Å². The van der Waals surface area contributed by atoms with Gasteiger partial charge in [-0.3, -0.25) is 9.59 Å². The molecule has 0 aliphatic carbocycles. The lowest BCUT2D eigenvalue weighted by atomic mass is 9.78. The number of nitrogens with one attached hydrogen (secondary N) is 2. The van der Waals surface area contributed by atoms with Crippen molar-refractivity contribution in [2.45, 2.75) is 40.2 Å². The van der Waals surface area contributed by atoms with Crippen molar-refractivity contribution >= 4 is 11.8 Å². The lowest BCUT2D eigenvalue weighted by Crippen LogP contribution is -2.41. The Labute approximate surface area is 126 Å². The number of aryl methyl sites for hydroxylation is 1. The van der Waals surface area contributed by atoms with E-state index in [1.807, 2.05) is 31.5 Å². The van der Waals surface area contributed by atoms with Crippen LogP contribution < -0.4 is 10.6 Å². The van der Waals surface area contributed by atoms with Crippen LogP contribution in [0.1, 0.15) is 33.6 Å². The Hall–Kier alpha value is -1.85. The van der Waals surface area contributed by atoms with Gasteiger partial charge in [0.25, 0.3) is 0 Å². The van der Waals surface area contributed by atoms with Crippen molar-refractivity contribution in [2.24, 2.45) is 11.3 Å². The number of amides is 2. The van der Waals surface area contributed by atoms with Crippen LogP contribution in [0.3, 0.4) is 0 Å². The first-order valence-electron chi connectivity index (χ1n) is 7.28. The molecule has 0 aliphatic heterocycles. The number of imidazole rings is 1. The molecular weight excluding hydrogens is 268 g/mol. The van der Waals surface area contributed by atoms with E-state index < -0.39 is 0 Å². The predicted octanol–water partition coefficient (Wildman–Crippen LogP) is 1.19. The van der Waals surface area contributed by atoms with Crippen LogP contribution in [-0.2, 0) is 16.1 Å². The molecule has 2 N–H and O–H groups in total. The molecule has 0 fully saturated rings. The van der Waals surface area contributed by atoms with Gasteiger partial charge >= 0.3 is 0 Å². The third kappa shape index (κ3) is 5.97. The molecule has 1 unspecified atom stereocenters. The Morgan fingerprint density at radius 3 is 2.57 bits per heavy atom. The van der Waals surface area contributed by atoms with Crippen molar-refractivity contribution in [2.75, 3.05) is 13.6 Å². The zero-order valence-corrected chi connectivity index (χ0v) is 13.3. The predicted molar refractivity (Wildman–Crippen MR) is 81.5 cm³/mol. The fourth-order valence-electron chi connectivity index (χ4n) is 2.10. The Morgan fingerprint density at radius 2 is 2.05 bits per heavy atom. The van der Waals surface area contributed by atoms with Crippen LogP contribution in [-0.4, -0.2) is 35.0 Å². The Kier molecular flexibility index (Phi) is 6.39. The molecule has 1 atom stereocenters. The Morgan fingerprint density at radius 1 is 1.33 bits per heavy atom.